The molecule has 0 aliphatic carbocycles. The molecule has 26 heavy (non-hydrogen) atoms. The first kappa shape index (κ1) is 20.4. The highest BCUT2D eigenvalue weighted by Crippen LogP contribution is 2.20. The number of hydrogen-bond acceptors (Lipinski definition) is 2. The molecule has 0 saturated carbocycles. The predicted molar refractivity (Wildman–Crippen MR) is 113 cm³/mol. The molecule has 1 atom stereocenters. The molecule has 138 valence electrons. The third kappa shape index (κ3) is 4.82. The molecular formula is C23H30O2Si. The van der Waals surface area contributed by atoms with Gasteiger partial charge in [0.1, 0.15) is 0 Å². The van der Waals surface area contributed by atoms with Crippen LogP contribution in [0.15, 0.2) is 84.6 Å². The van der Waals surface area contributed by atoms with Gasteiger partial charge in [0, 0.05) is 13.2 Å². The first-order valence-corrected chi connectivity index (χ1v) is 11.1. The molecule has 2 aromatic carbocycles. The lowest BCUT2D eigenvalue weighted by molar-refractivity contribution is 0.219. The second-order valence-electron chi connectivity index (χ2n) is 6.81. The highest BCUT2D eigenvalue weighted by molar-refractivity contribution is 7.01. The summed E-state index contributed by atoms with van der Waals surface area (Å²) in [4.78, 5) is 0. The molecule has 0 amide bonds. The van der Waals surface area contributed by atoms with Crippen LogP contribution in [0.25, 0.3) is 0 Å². The molecule has 2 rings (SSSR count). The van der Waals surface area contributed by atoms with E-state index in [1.807, 2.05) is 6.08 Å². The molecule has 1 unspecified atom stereocenters. The van der Waals surface area contributed by atoms with Crippen molar-refractivity contribution >= 4 is 18.7 Å². The molecule has 0 N–H and O–H groups in total. The van der Waals surface area contributed by atoms with Crippen molar-refractivity contribution in [3.63, 3.8) is 0 Å². The Morgan fingerprint density at radius 3 is 1.85 bits per heavy atom. The number of allylic oxidation sites excluding steroid dienone is 1. The Morgan fingerprint density at radius 2 is 1.46 bits per heavy atom. The molecule has 2 aromatic rings. The van der Waals surface area contributed by atoms with E-state index in [0.29, 0.717) is 6.61 Å². The number of rotatable bonds is 9. The maximum Gasteiger partial charge on any atom is 0.281 e. The van der Waals surface area contributed by atoms with Crippen molar-refractivity contribution in [3.8, 4) is 0 Å². The summed E-state index contributed by atoms with van der Waals surface area (Å²) in [5.41, 5.74) is 3.57. The fraction of sp³-hybridized carbons (Fsp3) is 0.304. The van der Waals surface area contributed by atoms with Crippen molar-refractivity contribution in [1.82, 2.24) is 0 Å². The summed E-state index contributed by atoms with van der Waals surface area (Å²) in [5.74, 6) is 0.227. The normalized spacial score (nSPS) is 13.7. The smallest absolute Gasteiger partial charge is 0.281 e. The SMILES string of the molecule is C=CC(C)/C(=C/[Si](OC(C)C)(c1ccccc1)c1ccccc1)COC. The molecule has 0 aromatic heterocycles. The lowest BCUT2D eigenvalue weighted by Gasteiger charge is -2.33. The van der Waals surface area contributed by atoms with Crippen molar-refractivity contribution in [2.45, 2.75) is 26.9 Å². The lowest BCUT2D eigenvalue weighted by atomic mass is 10.0. The maximum absolute atomic E-state index is 6.75. The zero-order valence-electron chi connectivity index (χ0n) is 16.3. The minimum Gasteiger partial charge on any atom is -0.402 e. The molecule has 0 aliphatic rings. The van der Waals surface area contributed by atoms with E-state index >= 15 is 0 Å². The van der Waals surface area contributed by atoms with Crippen LogP contribution in [0.1, 0.15) is 20.8 Å². The largest absolute Gasteiger partial charge is 0.402 e. The van der Waals surface area contributed by atoms with E-state index < -0.39 is 8.32 Å². The van der Waals surface area contributed by atoms with E-state index in [0.717, 1.165) is 0 Å². The zero-order chi connectivity index (χ0) is 19.0. The van der Waals surface area contributed by atoms with Crippen LogP contribution in [0, 0.1) is 5.92 Å². The molecule has 0 radical (unpaired) electrons. The Hall–Kier alpha value is -1.94. The average molecular weight is 367 g/mol. The van der Waals surface area contributed by atoms with E-state index in [1.54, 1.807) is 7.11 Å². The van der Waals surface area contributed by atoms with Gasteiger partial charge in [-0.3, -0.25) is 0 Å². The second kappa shape index (κ2) is 9.67. The molecule has 2 nitrogen and oxygen atoms in total. The van der Waals surface area contributed by atoms with E-state index in [9.17, 15) is 0 Å². The standard InChI is InChI=1S/C23H30O2Si/c1-6-20(4)21(17-24-5)18-26(25-19(2)3,22-13-9-7-10-14-22)23-15-11-8-12-16-23/h6-16,18-20H,1,17H2,2-5H3/b21-18+. The third-order valence-electron chi connectivity index (χ3n) is 4.46. The van der Waals surface area contributed by atoms with Gasteiger partial charge < -0.3 is 9.16 Å². The first-order chi connectivity index (χ1) is 12.5. The Balaban J connectivity index is 2.75. The summed E-state index contributed by atoms with van der Waals surface area (Å²) in [7, 11) is -0.843. The van der Waals surface area contributed by atoms with Gasteiger partial charge in [0.25, 0.3) is 8.32 Å². The third-order valence-corrected chi connectivity index (χ3v) is 8.47. The van der Waals surface area contributed by atoms with Gasteiger partial charge in [-0.2, -0.15) is 0 Å². The minimum atomic E-state index is -2.58. The van der Waals surface area contributed by atoms with Crippen molar-refractivity contribution < 1.29 is 9.16 Å². The first-order valence-electron chi connectivity index (χ1n) is 9.15. The van der Waals surface area contributed by atoms with E-state index in [4.69, 9.17) is 9.16 Å². The van der Waals surface area contributed by atoms with Gasteiger partial charge in [-0.1, -0.05) is 79.4 Å². The van der Waals surface area contributed by atoms with Crippen LogP contribution in [0.5, 0.6) is 0 Å². The molecule has 0 bridgehead atoms. The number of hydrogen-bond donors (Lipinski definition) is 0. The second-order valence-corrected chi connectivity index (χ2v) is 9.96. The molecule has 0 heterocycles. The molecule has 3 heteroatoms. The Morgan fingerprint density at radius 1 is 0.962 bits per heavy atom. The molecule has 0 spiro atoms. The number of ether oxygens (including phenoxy) is 1. The number of benzene rings is 2. The maximum atomic E-state index is 6.75. The number of methoxy groups -OCH3 is 1. The summed E-state index contributed by atoms with van der Waals surface area (Å²) in [6.45, 7) is 10.9. The van der Waals surface area contributed by atoms with Gasteiger partial charge in [0.2, 0.25) is 0 Å². The summed E-state index contributed by atoms with van der Waals surface area (Å²) >= 11 is 0. The van der Waals surface area contributed by atoms with Gasteiger partial charge in [-0.25, -0.2) is 0 Å². The Kier molecular flexibility index (Phi) is 7.58. The van der Waals surface area contributed by atoms with E-state index in [2.05, 4.69) is 93.7 Å². The van der Waals surface area contributed by atoms with Crippen molar-refractivity contribution in [2.24, 2.45) is 5.92 Å². The Bertz CT molecular complexity index is 668. The van der Waals surface area contributed by atoms with Gasteiger partial charge in [0.05, 0.1) is 6.61 Å². The Labute approximate surface area is 159 Å². The fourth-order valence-electron chi connectivity index (χ4n) is 3.13. The summed E-state index contributed by atoms with van der Waals surface area (Å²) < 4.78 is 12.3. The van der Waals surface area contributed by atoms with Crippen LogP contribution in [0.3, 0.4) is 0 Å². The van der Waals surface area contributed by atoms with Crippen LogP contribution in [-0.4, -0.2) is 28.1 Å². The van der Waals surface area contributed by atoms with Gasteiger partial charge in [-0.15, -0.1) is 6.58 Å². The lowest BCUT2D eigenvalue weighted by Crippen LogP contribution is -2.61. The van der Waals surface area contributed by atoms with Crippen molar-refractivity contribution in [1.29, 1.82) is 0 Å². The summed E-state index contributed by atoms with van der Waals surface area (Å²) in [6.07, 6.45) is 2.08. The molecule has 0 fully saturated rings. The average Bonchev–Trinajstić information content (AvgIpc) is 2.67. The quantitative estimate of drug-likeness (QED) is 0.491. The predicted octanol–water partition coefficient (Wildman–Crippen LogP) is 4.11. The molecular weight excluding hydrogens is 336 g/mol. The van der Waals surface area contributed by atoms with Gasteiger partial charge in [-0.05, 0) is 35.7 Å². The van der Waals surface area contributed by atoms with Gasteiger partial charge >= 0.3 is 0 Å². The van der Waals surface area contributed by atoms with Crippen LogP contribution in [-0.2, 0) is 9.16 Å². The summed E-state index contributed by atoms with van der Waals surface area (Å²) in [6, 6.07) is 21.2. The van der Waals surface area contributed by atoms with Crippen molar-refractivity contribution in [3.05, 3.63) is 84.6 Å². The van der Waals surface area contributed by atoms with E-state index in [1.165, 1.54) is 15.9 Å². The van der Waals surface area contributed by atoms with Crippen LogP contribution < -0.4 is 10.4 Å². The summed E-state index contributed by atoms with van der Waals surface area (Å²) in [5, 5.41) is 2.48. The van der Waals surface area contributed by atoms with Crippen molar-refractivity contribution in [2.75, 3.05) is 13.7 Å². The van der Waals surface area contributed by atoms with E-state index in [-0.39, 0.29) is 12.0 Å². The fourth-order valence-corrected chi connectivity index (χ4v) is 7.12. The minimum absolute atomic E-state index is 0.112. The molecule has 0 aliphatic heterocycles. The topological polar surface area (TPSA) is 18.5 Å². The van der Waals surface area contributed by atoms with Gasteiger partial charge in [0.15, 0.2) is 0 Å². The zero-order valence-corrected chi connectivity index (χ0v) is 17.3. The molecule has 0 saturated heterocycles. The van der Waals surface area contributed by atoms with Crippen LogP contribution in [0.2, 0.25) is 0 Å². The highest BCUT2D eigenvalue weighted by Gasteiger charge is 2.39. The van der Waals surface area contributed by atoms with Crippen LogP contribution in [0.4, 0.5) is 0 Å². The van der Waals surface area contributed by atoms with Crippen LogP contribution >= 0.6 is 0 Å². The monoisotopic (exact) mass is 366 g/mol. The highest BCUT2D eigenvalue weighted by atomic mass is 28.4.